The highest BCUT2D eigenvalue weighted by atomic mass is 35.5. The first-order chi connectivity index (χ1) is 11.5. The fourth-order valence-corrected chi connectivity index (χ4v) is 2.96. The van der Waals surface area contributed by atoms with Crippen molar-refractivity contribution in [1.29, 1.82) is 0 Å². The van der Waals surface area contributed by atoms with Gasteiger partial charge in [0.15, 0.2) is 11.5 Å². The van der Waals surface area contributed by atoms with Crippen molar-refractivity contribution in [3.8, 4) is 11.5 Å². The van der Waals surface area contributed by atoms with Crippen LogP contribution in [0.15, 0.2) is 36.4 Å². The predicted molar refractivity (Wildman–Crippen MR) is 94.1 cm³/mol. The summed E-state index contributed by atoms with van der Waals surface area (Å²) >= 11 is 12.1. The van der Waals surface area contributed by atoms with Crippen molar-refractivity contribution >= 4 is 34.8 Å². The van der Waals surface area contributed by atoms with Crippen LogP contribution in [0.1, 0.15) is 18.5 Å². The van der Waals surface area contributed by atoms with E-state index < -0.39 is 0 Å². The Balaban J connectivity index is 1.55. The lowest BCUT2D eigenvalue weighted by Crippen LogP contribution is -2.30. The second-order valence-corrected chi connectivity index (χ2v) is 6.23. The lowest BCUT2D eigenvalue weighted by molar-refractivity contribution is -0.115. The summed E-state index contributed by atoms with van der Waals surface area (Å²) in [6, 6.07) is 10.5. The van der Waals surface area contributed by atoms with Gasteiger partial charge in [-0.15, -0.1) is 0 Å². The predicted octanol–water partition coefficient (Wildman–Crippen LogP) is 4.01. The van der Waals surface area contributed by atoms with E-state index in [1.807, 2.05) is 13.0 Å². The second kappa shape index (κ2) is 7.30. The molecule has 3 rings (SSSR count). The van der Waals surface area contributed by atoms with Crippen LogP contribution in [0.2, 0.25) is 10.0 Å². The van der Waals surface area contributed by atoms with Crippen molar-refractivity contribution in [2.45, 2.75) is 13.0 Å². The molecule has 0 aromatic heterocycles. The smallest absolute Gasteiger partial charge is 0.238 e. The third-order valence-electron chi connectivity index (χ3n) is 3.65. The van der Waals surface area contributed by atoms with Gasteiger partial charge < -0.3 is 20.1 Å². The first-order valence-corrected chi connectivity index (χ1v) is 8.16. The number of halogens is 2. The number of carbonyl (C=O) groups is 1. The van der Waals surface area contributed by atoms with Crippen molar-refractivity contribution in [1.82, 2.24) is 5.32 Å². The van der Waals surface area contributed by atoms with Crippen molar-refractivity contribution in [3.05, 3.63) is 52.0 Å². The number of nitrogens with one attached hydrogen (secondary N) is 2. The molecule has 0 spiro atoms. The van der Waals surface area contributed by atoms with E-state index in [0.29, 0.717) is 27.2 Å². The zero-order valence-corrected chi connectivity index (χ0v) is 14.4. The summed E-state index contributed by atoms with van der Waals surface area (Å²) < 4.78 is 10.5. The van der Waals surface area contributed by atoms with Crippen LogP contribution in [0.4, 0.5) is 5.69 Å². The average Bonchev–Trinajstić information content (AvgIpc) is 3.00. The molecule has 0 saturated carbocycles. The Morgan fingerprint density at radius 3 is 2.75 bits per heavy atom. The molecule has 2 aromatic carbocycles. The molecule has 0 fully saturated rings. The standard InChI is InChI=1S/C17H16Cl2N2O3/c1-10(13-4-2-11(18)6-14(13)19)20-8-17(22)21-12-3-5-15-16(7-12)24-9-23-15/h2-7,10,20H,8-9H2,1H3,(H,21,22)/t10-/m1/s1. The number of fused-ring (bicyclic) bond motifs is 1. The SMILES string of the molecule is C[C@@H](NCC(=O)Nc1ccc2c(c1)OCO2)c1ccc(Cl)cc1Cl. The van der Waals surface area contributed by atoms with Gasteiger partial charge in [0.2, 0.25) is 12.7 Å². The minimum Gasteiger partial charge on any atom is -0.454 e. The molecule has 2 aromatic rings. The van der Waals surface area contributed by atoms with Gasteiger partial charge in [-0.2, -0.15) is 0 Å². The molecule has 5 nitrogen and oxygen atoms in total. The number of hydrogen-bond donors (Lipinski definition) is 2. The molecular weight excluding hydrogens is 351 g/mol. The minimum absolute atomic E-state index is 0.0859. The normalized spacial score (nSPS) is 13.6. The van der Waals surface area contributed by atoms with E-state index in [4.69, 9.17) is 32.7 Å². The summed E-state index contributed by atoms with van der Waals surface area (Å²) in [5.41, 5.74) is 1.54. The van der Waals surface area contributed by atoms with Gasteiger partial charge in [-0.25, -0.2) is 0 Å². The molecule has 1 amide bonds. The lowest BCUT2D eigenvalue weighted by Gasteiger charge is -2.16. The van der Waals surface area contributed by atoms with E-state index in [1.54, 1.807) is 30.3 Å². The fraction of sp³-hybridized carbons (Fsp3) is 0.235. The van der Waals surface area contributed by atoms with Gasteiger partial charge in [0.1, 0.15) is 0 Å². The molecule has 7 heteroatoms. The highest BCUT2D eigenvalue weighted by Crippen LogP contribution is 2.34. The third-order valence-corrected chi connectivity index (χ3v) is 4.22. The fourth-order valence-electron chi connectivity index (χ4n) is 2.39. The Labute approximate surface area is 149 Å². The molecular formula is C17H16Cl2N2O3. The zero-order valence-electron chi connectivity index (χ0n) is 12.9. The number of anilines is 1. The van der Waals surface area contributed by atoms with E-state index in [-0.39, 0.29) is 25.3 Å². The number of carbonyl (C=O) groups excluding carboxylic acids is 1. The van der Waals surface area contributed by atoms with Gasteiger partial charge in [0.05, 0.1) is 6.54 Å². The number of hydrogen-bond acceptors (Lipinski definition) is 4. The van der Waals surface area contributed by atoms with Crippen LogP contribution < -0.4 is 20.1 Å². The Kier molecular flexibility index (Phi) is 5.14. The molecule has 0 bridgehead atoms. The van der Waals surface area contributed by atoms with Gasteiger partial charge >= 0.3 is 0 Å². The van der Waals surface area contributed by atoms with E-state index in [9.17, 15) is 4.79 Å². The Bertz CT molecular complexity index is 767. The number of amides is 1. The molecule has 126 valence electrons. The largest absolute Gasteiger partial charge is 0.454 e. The molecule has 0 saturated heterocycles. The minimum atomic E-state index is -0.161. The van der Waals surface area contributed by atoms with Gasteiger partial charge in [0.25, 0.3) is 0 Å². The first-order valence-electron chi connectivity index (χ1n) is 7.41. The molecule has 0 radical (unpaired) electrons. The van der Waals surface area contributed by atoms with Crippen LogP contribution in [-0.2, 0) is 4.79 Å². The summed E-state index contributed by atoms with van der Waals surface area (Å²) in [4.78, 5) is 12.1. The van der Waals surface area contributed by atoms with Crippen LogP contribution in [0, 0.1) is 0 Å². The Hall–Kier alpha value is -1.95. The van der Waals surface area contributed by atoms with Gasteiger partial charge in [-0.1, -0.05) is 29.3 Å². The second-order valence-electron chi connectivity index (χ2n) is 5.38. The molecule has 1 atom stereocenters. The Morgan fingerprint density at radius 1 is 1.17 bits per heavy atom. The number of benzene rings is 2. The van der Waals surface area contributed by atoms with Gasteiger partial charge in [-0.3, -0.25) is 4.79 Å². The van der Waals surface area contributed by atoms with E-state index in [0.717, 1.165) is 5.56 Å². The summed E-state index contributed by atoms with van der Waals surface area (Å²) in [6.45, 7) is 2.28. The molecule has 1 heterocycles. The monoisotopic (exact) mass is 366 g/mol. The van der Waals surface area contributed by atoms with Gasteiger partial charge in [0, 0.05) is 27.8 Å². The molecule has 1 aliphatic heterocycles. The van der Waals surface area contributed by atoms with E-state index in [2.05, 4.69) is 10.6 Å². The Morgan fingerprint density at radius 2 is 1.96 bits per heavy atom. The molecule has 1 aliphatic rings. The lowest BCUT2D eigenvalue weighted by atomic mass is 10.1. The zero-order chi connectivity index (χ0) is 17.1. The van der Waals surface area contributed by atoms with Crippen LogP contribution in [0.25, 0.3) is 0 Å². The van der Waals surface area contributed by atoms with Gasteiger partial charge in [-0.05, 0) is 36.8 Å². The number of rotatable bonds is 5. The maximum atomic E-state index is 12.1. The summed E-state index contributed by atoms with van der Waals surface area (Å²) in [7, 11) is 0. The molecule has 24 heavy (non-hydrogen) atoms. The van der Waals surface area contributed by atoms with Crippen molar-refractivity contribution in [2.75, 3.05) is 18.7 Å². The summed E-state index contributed by atoms with van der Waals surface area (Å²) in [5, 5.41) is 7.10. The van der Waals surface area contributed by atoms with Crippen LogP contribution in [-0.4, -0.2) is 19.2 Å². The molecule has 0 unspecified atom stereocenters. The van der Waals surface area contributed by atoms with E-state index in [1.165, 1.54) is 0 Å². The van der Waals surface area contributed by atoms with Crippen LogP contribution >= 0.6 is 23.2 Å². The molecule has 0 aliphatic carbocycles. The number of ether oxygens (including phenoxy) is 2. The van der Waals surface area contributed by atoms with Crippen LogP contribution in [0.5, 0.6) is 11.5 Å². The maximum absolute atomic E-state index is 12.1. The quantitative estimate of drug-likeness (QED) is 0.838. The highest BCUT2D eigenvalue weighted by Gasteiger charge is 2.15. The van der Waals surface area contributed by atoms with E-state index >= 15 is 0 Å². The highest BCUT2D eigenvalue weighted by molar-refractivity contribution is 6.35. The summed E-state index contributed by atoms with van der Waals surface area (Å²) in [6.07, 6.45) is 0. The average molecular weight is 367 g/mol. The van der Waals surface area contributed by atoms with Crippen molar-refractivity contribution in [2.24, 2.45) is 0 Å². The topological polar surface area (TPSA) is 59.6 Å². The van der Waals surface area contributed by atoms with Crippen molar-refractivity contribution < 1.29 is 14.3 Å². The van der Waals surface area contributed by atoms with Crippen LogP contribution in [0.3, 0.4) is 0 Å². The van der Waals surface area contributed by atoms with Crippen molar-refractivity contribution in [3.63, 3.8) is 0 Å². The maximum Gasteiger partial charge on any atom is 0.238 e. The molecule has 2 N–H and O–H groups in total. The third kappa shape index (κ3) is 3.93. The first kappa shape index (κ1) is 16.9. The summed E-state index contributed by atoms with van der Waals surface area (Å²) in [5.74, 6) is 1.14.